The number of carbonyl (C=O) groups is 1. The smallest absolute Gasteiger partial charge is 0.272 e. The van der Waals surface area contributed by atoms with Crippen molar-refractivity contribution in [2.24, 2.45) is 0 Å². The van der Waals surface area contributed by atoms with Crippen molar-refractivity contribution in [3.05, 3.63) is 58.9 Å². The van der Waals surface area contributed by atoms with Gasteiger partial charge in [-0.2, -0.15) is 0 Å². The molecule has 0 aliphatic carbocycles. The minimum atomic E-state index is -0.155. The van der Waals surface area contributed by atoms with Crippen LogP contribution >= 0.6 is 11.6 Å². The number of benzene rings is 1. The fourth-order valence-corrected chi connectivity index (χ4v) is 2.16. The first kappa shape index (κ1) is 17.2. The predicted octanol–water partition coefficient (Wildman–Crippen LogP) is 3.03. The van der Waals surface area contributed by atoms with Crippen LogP contribution in [0.5, 0.6) is 5.75 Å². The molecule has 0 unspecified atom stereocenters. The Hall–Kier alpha value is -2.11. The SMILES string of the molecule is COCc1cccc(C(=O)N(C)CCOc2cccc(Cl)c2)n1. The highest BCUT2D eigenvalue weighted by Crippen LogP contribution is 2.17. The standard InChI is InChI=1S/C17H19ClN2O3/c1-20(9-10-23-15-7-3-5-13(18)11-15)17(21)16-8-4-6-14(19-16)12-22-2/h3-8,11H,9-10,12H2,1-2H3. The van der Waals surface area contributed by atoms with Gasteiger partial charge in [0.15, 0.2) is 0 Å². The average Bonchev–Trinajstić information content (AvgIpc) is 2.55. The minimum Gasteiger partial charge on any atom is -0.492 e. The van der Waals surface area contributed by atoms with Gasteiger partial charge in [0.2, 0.25) is 0 Å². The number of nitrogens with zero attached hydrogens (tertiary/aromatic N) is 2. The van der Waals surface area contributed by atoms with Crippen molar-refractivity contribution >= 4 is 17.5 Å². The third-order valence-electron chi connectivity index (χ3n) is 3.16. The molecule has 0 saturated carbocycles. The van der Waals surface area contributed by atoms with Crippen molar-refractivity contribution in [1.29, 1.82) is 0 Å². The maximum Gasteiger partial charge on any atom is 0.272 e. The van der Waals surface area contributed by atoms with Crippen LogP contribution in [-0.4, -0.2) is 43.1 Å². The Bertz CT molecular complexity index is 664. The van der Waals surface area contributed by atoms with Crippen LogP contribution in [0.25, 0.3) is 0 Å². The number of ether oxygens (including phenoxy) is 2. The Morgan fingerprint density at radius 1 is 1.26 bits per heavy atom. The molecular formula is C17H19ClN2O3. The summed E-state index contributed by atoms with van der Waals surface area (Å²) in [4.78, 5) is 18.2. The maximum absolute atomic E-state index is 12.3. The van der Waals surface area contributed by atoms with Crippen LogP contribution in [0.4, 0.5) is 0 Å². The Balaban J connectivity index is 1.88. The molecule has 0 atom stereocenters. The summed E-state index contributed by atoms with van der Waals surface area (Å²) in [6.45, 7) is 1.20. The quantitative estimate of drug-likeness (QED) is 0.781. The van der Waals surface area contributed by atoms with E-state index in [4.69, 9.17) is 21.1 Å². The van der Waals surface area contributed by atoms with E-state index in [1.54, 1.807) is 43.3 Å². The van der Waals surface area contributed by atoms with Gasteiger partial charge in [0, 0.05) is 19.2 Å². The van der Waals surface area contributed by atoms with Crippen LogP contribution in [0.2, 0.25) is 5.02 Å². The topological polar surface area (TPSA) is 51.7 Å². The number of amides is 1. The van der Waals surface area contributed by atoms with Crippen LogP contribution in [0.1, 0.15) is 16.2 Å². The number of methoxy groups -OCH3 is 1. The molecule has 0 N–H and O–H groups in total. The number of rotatable bonds is 7. The molecule has 0 aliphatic heterocycles. The van der Waals surface area contributed by atoms with Gasteiger partial charge in [0.05, 0.1) is 18.8 Å². The van der Waals surface area contributed by atoms with Crippen LogP contribution in [-0.2, 0) is 11.3 Å². The fraction of sp³-hybridized carbons (Fsp3) is 0.294. The normalized spacial score (nSPS) is 10.4. The molecule has 6 heteroatoms. The molecule has 0 bridgehead atoms. The van der Waals surface area contributed by atoms with Crippen LogP contribution in [0.3, 0.4) is 0 Å². The summed E-state index contributed by atoms with van der Waals surface area (Å²) in [6.07, 6.45) is 0. The van der Waals surface area contributed by atoms with Gasteiger partial charge in [0.1, 0.15) is 18.1 Å². The summed E-state index contributed by atoms with van der Waals surface area (Å²) >= 11 is 5.89. The Labute approximate surface area is 140 Å². The Morgan fingerprint density at radius 2 is 2.04 bits per heavy atom. The minimum absolute atomic E-state index is 0.155. The van der Waals surface area contributed by atoms with E-state index >= 15 is 0 Å². The summed E-state index contributed by atoms with van der Waals surface area (Å²) < 4.78 is 10.6. The second-order valence-electron chi connectivity index (χ2n) is 4.98. The molecular weight excluding hydrogens is 316 g/mol. The van der Waals surface area contributed by atoms with Crippen molar-refractivity contribution in [1.82, 2.24) is 9.88 Å². The van der Waals surface area contributed by atoms with Gasteiger partial charge >= 0.3 is 0 Å². The summed E-state index contributed by atoms with van der Waals surface area (Å²) in [5.74, 6) is 0.524. The molecule has 0 spiro atoms. The first-order chi connectivity index (χ1) is 11.1. The average molecular weight is 335 g/mol. The lowest BCUT2D eigenvalue weighted by atomic mass is 10.3. The number of aromatic nitrogens is 1. The molecule has 2 rings (SSSR count). The Morgan fingerprint density at radius 3 is 2.78 bits per heavy atom. The van der Waals surface area contributed by atoms with Crippen LogP contribution < -0.4 is 4.74 Å². The molecule has 2 aromatic rings. The van der Waals surface area contributed by atoms with Gasteiger partial charge in [-0.3, -0.25) is 4.79 Å². The molecule has 1 aromatic carbocycles. The molecule has 23 heavy (non-hydrogen) atoms. The third kappa shape index (κ3) is 5.23. The van der Waals surface area contributed by atoms with E-state index < -0.39 is 0 Å². The zero-order valence-corrected chi connectivity index (χ0v) is 13.9. The highest BCUT2D eigenvalue weighted by molar-refractivity contribution is 6.30. The summed E-state index contributed by atoms with van der Waals surface area (Å²) in [7, 11) is 3.31. The lowest BCUT2D eigenvalue weighted by molar-refractivity contribution is 0.0767. The number of hydrogen-bond acceptors (Lipinski definition) is 4. The second-order valence-corrected chi connectivity index (χ2v) is 5.42. The first-order valence-electron chi connectivity index (χ1n) is 7.19. The molecule has 0 fully saturated rings. The first-order valence-corrected chi connectivity index (χ1v) is 7.56. The molecule has 0 aliphatic rings. The molecule has 122 valence electrons. The highest BCUT2D eigenvalue weighted by atomic mass is 35.5. The van der Waals surface area contributed by atoms with Gasteiger partial charge in [-0.05, 0) is 30.3 Å². The van der Waals surface area contributed by atoms with Gasteiger partial charge in [-0.1, -0.05) is 23.7 Å². The van der Waals surface area contributed by atoms with Gasteiger partial charge < -0.3 is 14.4 Å². The van der Waals surface area contributed by atoms with E-state index in [1.807, 2.05) is 18.2 Å². The van der Waals surface area contributed by atoms with Crippen molar-refractivity contribution < 1.29 is 14.3 Å². The predicted molar refractivity (Wildman–Crippen MR) is 88.9 cm³/mol. The molecule has 0 saturated heterocycles. The molecule has 5 nitrogen and oxygen atoms in total. The summed E-state index contributed by atoms with van der Waals surface area (Å²) in [5.41, 5.74) is 1.12. The summed E-state index contributed by atoms with van der Waals surface area (Å²) in [5, 5.41) is 0.617. The molecule has 0 radical (unpaired) electrons. The fourth-order valence-electron chi connectivity index (χ4n) is 1.98. The van der Waals surface area contributed by atoms with Crippen LogP contribution in [0.15, 0.2) is 42.5 Å². The van der Waals surface area contributed by atoms with E-state index in [1.165, 1.54) is 0 Å². The van der Waals surface area contributed by atoms with Crippen molar-refractivity contribution in [3.63, 3.8) is 0 Å². The van der Waals surface area contributed by atoms with E-state index in [2.05, 4.69) is 4.98 Å². The number of hydrogen-bond donors (Lipinski definition) is 0. The largest absolute Gasteiger partial charge is 0.492 e. The van der Waals surface area contributed by atoms with E-state index in [0.29, 0.717) is 36.2 Å². The number of pyridine rings is 1. The second kappa shape index (κ2) is 8.50. The third-order valence-corrected chi connectivity index (χ3v) is 3.39. The van der Waals surface area contributed by atoms with E-state index in [9.17, 15) is 4.79 Å². The molecule has 1 heterocycles. The molecule has 1 amide bonds. The van der Waals surface area contributed by atoms with Gasteiger partial charge in [-0.15, -0.1) is 0 Å². The van der Waals surface area contributed by atoms with Crippen molar-refractivity contribution in [2.75, 3.05) is 27.3 Å². The maximum atomic E-state index is 12.3. The van der Waals surface area contributed by atoms with Crippen LogP contribution in [0, 0.1) is 0 Å². The number of likely N-dealkylation sites (N-methyl/N-ethyl adjacent to an activating group) is 1. The van der Waals surface area contributed by atoms with Crippen molar-refractivity contribution in [2.45, 2.75) is 6.61 Å². The molecule has 1 aromatic heterocycles. The van der Waals surface area contributed by atoms with E-state index in [-0.39, 0.29) is 5.91 Å². The zero-order valence-electron chi connectivity index (χ0n) is 13.2. The monoisotopic (exact) mass is 334 g/mol. The van der Waals surface area contributed by atoms with Gasteiger partial charge in [0.25, 0.3) is 5.91 Å². The Kier molecular flexibility index (Phi) is 6.38. The van der Waals surface area contributed by atoms with E-state index in [0.717, 1.165) is 5.69 Å². The lowest BCUT2D eigenvalue weighted by Crippen LogP contribution is -2.31. The number of carbonyl (C=O) groups excluding carboxylic acids is 1. The summed E-state index contributed by atoms with van der Waals surface area (Å²) in [6, 6.07) is 12.5. The lowest BCUT2D eigenvalue weighted by Gasteiger charge is -2.17. The van der Waals surface area contributed by atoms with Gasteiger partial charge in [-0.25, -0.2) is 4.98 Å². The highest BCUT2D eigenvalue weighted by Gasteiger charge is 2.13. The van der Waals surface area contributed by atoms with Crippen molar-refractivity contribution in [3.8, 4) is 5.75 Å². The number of halogens is 1. The zero-order chi connectivity index (χ0) is 16.7.